The van der Waals surface area contributed by atoms with Gasteiger partial charge in [0.15, 0.2) is 5.78 Å². The average molecular weight is 457 g/mol. The van der Waals surface area contributed by atoms with Crippen molar-refractivity contribution in [3.8, 4) is 0 Å². The van der Waals surface area contributed by atoms with E-state index < -0.39 is 5.41 Å². The van der Waals surface area contributed by atoms with E-state index in [4.69, 9.17) is 4.99 Å². The van der Waals surface area contributed by atoms with Crippen molar-refractivity contribution in [3.63, 3.8) is 0 Å². The van der Waals surface area contributed by atoms with E-state index in [9.17, 15) is 4.79 Å². The van der Waals surface area contributed by atoms with Crippen LogP contribution in [0, 0.1) is 0 Å². The van der Waals surface area contributed by atoms with Gasteiger partial charge in [-0.25, -0.2) is 4.99 Å². The summed E-state index contributed by atoms with van der Waals surface area (Å²) in [5.74, 6) is 0.931. The van der Waals surface area contributed by atoms with Crippen molar-refractivity contribution in [2.45, 2.75) is 25.3 Å². The number of halogens is 1. The Morgan fingerprint density at radius 2 is 1.77 bits per heavy atom. The van der Waals surface area contributed by atoms with Crippen molar-refractivity contribution in [2.75, 3.05) is 4.90 Å². The van der Waals surface area contributed by atoms with E-state index in [2.05, 4.69) is 39.0 Å². The zero-order chi connectivity index (χ0) is 20.7. The van der Waals surface area contributed by atoms with Crippen LogP contribution in [0.1, 0.15) is 34.8 Å². The first-order valence-corrected chi connectivity index (χ1v) is 10.9. The van der Waals surface area contributed by atoms with Crippen molar-refractivity contribution >= 4 is 38.9 Å². The molecule has 148 valence electrons. The highest BCUT2D eigenvalue weighted by atomic mass is 79.9. The molecule has 5 rings (SSSR count). The molecule has 0 saturated carbocycles. The lowest BCUT2D eigenvalue weighted by Crippen LogP contribution is -2.54. The second-order valence-electron chi connectivity index (χ2n) is 7.67. The standard InChI is InChI=1S/C26H21BrN2O/c1-2-3-16-26-23-20(27)13-9-14-21(23)28-25(26)29(17-18-10-5-4-6-11-18)22-15-8-7-12-19(22)24(26)30/h2-15H,16-17H2,1H3/b3-2+/t26-/m1/s1. The Hall–Kier alpha value is -2.98. The van der Waals surface area contributed by atoms with Gasteiger partial charge in [-0.15, -0.1) is 0 Å². The first-order chi connectivity index (χ1) is 14.7. The fourth-order valence-corrected chi connectivity index (χ4v) is 5.30. The first-order valence-electron chi connectivity index (χ1n) is 10.1. The van der Waals surface area contributed by atoms with Gasteiger partial charge < -0.3 is 4.90 Å². The molecule has 0 saturated heterocycles. The fraction of sp³-hybridized carbons (Fsp3) is 0.154. The lowest BCUT2D eigenvalue weighted by atomic mass is 9.69. The molecule has 0 aromatic heterocycles. The number of amidine groups is 1. The van der Waals surface area contributed by atoms with Crippen LogP contribution in [0.5, 0.6) is 0 Å². The van der Waals surface area contributed by atoms with E-state index in [1.165, 1.54) is 5.56 Å². The summed E-state index contributed by atoms with van der Waals surface area (Å²) in [5.41, 5.74) is 3.86. The van der Waals surface area contributed by atoms with Crippen molar-refractivity contribution in [3.05, 3.63) is 106 Å². The predicted molar refractivity (Wildman–Crippen MR) is 126 cm³/mol. The monoisotopic (exact) mass is 456 g/mol. The number of allylic oxidation sites excluding steroid dienone is 2. The Morgan fingerprint density at radius 1 is 1.00 bits per heavy atom. The number of Topliss-reactive ketones (excluding diaryl/α,β-unsaturated/α-hetero) is 1. The molecule has 2 heterocycles. The Kier molecular flexibility index (Phi) is 4.67. The Balaban J connectivity index is 1.78. The van der Waals surface area contributed by atoms with E-state index in [1.54, 1.807) is 0 Å². The molecule has 0 radical (unpaired) electrons. The number of benzene rings is 3. The molecule has 0 spiro atoms. The molecule has 0 bridgehead atoms. The summed E-state index contributed by atoms with van der Waals surface area (Å²) < 4.78 is 0.927. The molecule has 0 amide bonds. The number of hydrogen-bond acceptors (Lipinski definition) is 3. The van der Waals surface area contributed by atoms with Gasteiger partial charge in [0, 0.05) is 22.1 Å². The third-order valence-corrected chi connectivity index (χ3v) is 6.61. The molecule has 2 aliphatic rings. The van der Waals surface area contributed by atoms with Crippen LogP contribution in [-0.4, -0.2) is 11.6 Å². The molecular formula is C26H21BrN2O. The molecule has 4 heteroatoms. The summed E-state index contributed by atoms with van der Waals surface area (Å²) in [6.07, 6.45) is 4.67. The van der Waals surface area contributed by atoms with Crippen molar-refractivity contribution in [1.29, 1.82) is 0 Å². The summed E-state index contributed by atoms with van der Waals surface area (Å²) in [7, 11) is 0. The largest absolute Gasteiger partial charge is 0.324 e. The summed E-state index contributed by atoms with van der Waals surface area (Å²) in [6.45, 7) is 2.65. The molecular weight excluding hydrogens is 436 g/mol. The molecule has 1 atom stereocenters. The van der Waals surface area contributed by atoms with Gasteiger partial charge in [0.1, 0.15) is 11.3 Å². The number of fused-ring (bicyclic) bond motifs is 4. The number of carbonyl (C=O) groups is 1. The Morgan fingerprint density at radius 3 is 2.57 bits per heavy atom. The third kappa shape index (κ3) is 2.71. The minimum Gasteiger partial charge on any atom is -0.324 e. The van der Waals surface area contributed by atoms with E-state index in [-0.39, 0.29) is 5.78 Å². The molecule has 30 heavy (non-hydrogen) atoms. The topological polar surface area (TPSA) is 32.7 Å². The molecule has 3 aromatic rings. The van der Waals surface area contributed by atoms with E-state index in [0.717, 1.165) is 32.8 Å². The highest BCUT2D eigenvalue weighted by Gasteiger charge is 2.55. The van der Waals surface area contributed by atoms with Crippen LogP contribution in [-0.2, 0) is 12.0 Å². The number of anilines is 1. The third-order valence-electron chi connectivity index (χ3n) is 5.95. The van der Waals surface area contributed by atoms with Crippen molar-refractivity contribution in [1.82, 2.24) is 0 Å². The number of ketones is 1. The molecule has 0 aliphatic carbocycles. The molecule has 3 aromatic carbocycles. The number of carbonyl (C=O) groups excluding carboxylic acids is 1. The highest BCUT2D eigenvalue weighted by Crippen LogP contribution is 2.53. The number of aliphatic imine (C=N–C) groups is 1. The molecule has 0 unspecified atom stereocenters. The van der Waals surface area contributed by atoms with E-state index in [0.29, 0.717) is 13.0 Å². The summed E-state index contributed by atoms with van der Waals surface area (Å²) in [5, 5.41) is 0. The minimum atomic E-state index is -0.828. The Labute approximate surface area is 184 Å². The maximum Gasteiger partial charge on any atom is 0.183 e. The number of rotatable bonds is 4. The van der Waals surface area contributed by atoms with Gasteiger partial charge in [-0.05, 0) is 43.2 Å². The first kappa shape index (κ1) is 19.0. The normalized spacial score (nSPS) is 19.5. The van der Waals surface area contributed by atoms with Crippen molar-refractivity contribution in [2.24, 2.45) is 4.99 Å². The zero-order valence-corrected chi connectivity index (χ0v) is 18.3. The predicted octanol–water partition coefficient (Wildman–Crippen LogP) is 6.60. The van der Waals surface area contributed by atoms with Crippen LogP contribution >= 0.6 is 15.9 Å². The van der Waals surface area contributed by atoms with Crippen LogP contribution in [0.4, 0.5) is 11.4 Å². The van der Waals surface area contributed by atoms with Gasteiger partial charge in [0.05, 0.1) is 11.4 Å². The minimum absolute atomic E-state index is 0.116. The van der Waals surface area contributed by atoms with Crippen molar-refractivity contribution < 1.29 is 4.79 Å². The van der Waals surface area contributed by atoms with Gasteiger partial charge in [0.25, 0.3) is 0 Å². The zero-order valence-electron chi connectivity index (χ0n) is 16.7. The number of hydrogen-bond donors (Lipinski definition) is 0. The number of nitrogens with zero attached hydrogens (tertiary/aromatic N) is 2. The highest BCUT2D eigenvalue weighted by molar-refractivity contribution is 9.10. The lowest BCUT2D eigenvalue weighted by molar-refractivity contribution is 0.0927. The molecule has 0 N–H and O–H groups in total. The van der Waals surface area contributed by atoms with Gasteiger partial charge >= 0.3 is 0 Å². The average Bonchev–Trinajstić information content (AvgIpc) is 3.13. The van der Waals surface area contributed by atoms with Gasteiger partial charge in [-0.3, -0.25) is 4.79 Å². The molecule has 2 aliphatic heterocycles. The van der Waals surface area contributed by atoms with Crippen LogP contribution < -0.4 is 4.90 Å². The van der Waals surface area contributed by atoms with Crippen LogP contribution in [0.25, 0.3) is 0 Å². The second-order valence-corrected chi connectivity index (χ2v) is 8.52. The molecule has 0 fully saturated rings. The SMILES string of the molecule is C/C=C/C[C@@]12C(=O)c3ccccc3N(Cc3ccccc3)C1=Nc1cccc(Br)c12. The maximum absolute atomic E-state index is 14.1. The quantitative estimate of drug-likeness (QED) is 0.414. The molecule has 3 nitrogen and oxygen atoms in total. The fourth-order valence-electron chi connectivity index (χ4n) is 4.61. The summed E-state index contributed by atoms with van der Waals surface area (Å²) in [4.78, 5) is 21.3. The van der Waals surface area contributed by atoms with Gasteiger partial charge in [0.2, 0.25) is 0 Å². The van der Waals surface area contributed by atoms with Gasteiger partial charge in [-0.2, -0.15) is 0 Å². The van der Waals surface area contributed by atoms with Crippen LogP contribution in [0.2, 0.25) is 0 Å². The van der Waals surface area contributed by atoms with Crippen LogP contribution in [0.15, 0.2) is 94.4 Å². The summed E-state index contributed by atoms with van der Waals surface area (Å²) in [6, 6.07) is 24.2. The van der Waals surface area contributed by atoms with E-state index >= 15 is 0 Å². The lowest BCUT2D eigenvalue weighted by Gasteiger charge is -2.42. The van der Waals surface area contributed by atoms with E-state index in [1.807, 2.05) is 73.7 Å². The second kappa shape index (κ2) is 7.37. The van der Waals surface area contributed by atoms with Gasteiger partial charge in [-0.1, -0.05) is 76.6 Å². The maximum atomic E-state index is 14.1. The smallest absolute Gasteiger partial charge is 0.183 e. The van der Waals surface area contributed by atoms with Crippen LogP contribution in [0.3, 0.4) is 0 Å². The Bertz CT molecular complexity index is 1200. The number of para-hydroxylation sites is 1. The summed E-state index contributed by atoms with van der Waals surface area (Å²) >= 11 is 3.72.